The standard InChI is InChI=1S/C17H16O6/c1-22-11-8-15(21)17(16(9-11)23-2)13(19)6-4-10-3-5-12(18)14(20)7-10/h3-9,18,20-21H,1-2H3/b6-4+. The molecule has 3 N–H and O–H groups in total. The summed E-state index contributed by atoms with van der Waals surface area (Å²) in [5.41, 5.74) is 0.521. The molecule has 0 radical (unpaired) electrons. The zero-order valence-electron chi connectivity index (χ0n) is 12.6. The monoisotopic (exact) mass is 316 g/mol. The molecule has 0 aliphatic carbocycles. The highest BCUT2D eigenvalue weighted by Crippen LogP contribution is 2.34. The van der Waals surface area contributed by atoms with E-state index in [1.54, 1.807) is 0 Å². The summed E-state index contributed by atoms with van der Waals surface area (Å²) < 4.78 is 10.1. The highest BCUT2D eigenvalue weighted by atomic mass is 16.5. The molecule has 0 amide bonds. The molecule has 0 saturated heterocycles. The van der Waals surface area contributed by atoms with Crippen LogP contribution in [0.1, 0.15) is 15.9 Å². The third-order valence-corrected chi connectivity index (χ3v) is 3.18. The minimum atomic E-state index is -0.477. The maximum Gasteiger partial charge on any atom is 0.193 e. The molecule has 0 spiro atoms. The van der Waals surface area contributed by atoms with Crippen molar-refractivity contribution >= 4 is 11.9 Å². The molecule has 2 rings (SSSR count). The third-order valence-electron chi connectivity index (χ3n) is 3.18. The van der Waals surface area contributed by atoms with Gasteiger partial charge in [-0.15, -0.1) is 0 Å². The largest absolute Gasteiger partial charge is 0.507 e. The molecule has 0 aromatic heterocycles. The van der Waals surface area contributed by atoms with Crippen LogP contribution in [-0.2, 0) is 0 Å². The van der Waals surface area contributed by atoms with Gasteiger partial charge in [-0.25, -0.2) is 0 Å². The van der Waals surface area contributed by atoms with Crippen molar-refractivity contribution in [1.82, 2.24) is 0 Å². The van der Waals surface area contributed by atoms with Crippen LogP contribution in [0.3, 0.4) is 0 Å². The number of phenolic OH excluding ortho intramolecular Hbond substituents is 3. The molecule has 0 fully saturated rings. The van der Waals surface area contributed by atoms with Gasteiger partial charge in [-0.05, 0) is 23.8 Å². The van der Waals surface area contributed by atoms with E-state index in [0.29, 0.717) is 11.3 Å². The third kappa shape index (κ3) is 3.55. The molecule has 6 nitrogen and oxygen atoms in total. The lowest BCUT2D eigenvalue weighted by Crippen LogP contribution is -2.00. The van der Waals surface area contributed by atoms with E-state index in [1.165, 1.54) is 56.7 Å². The Morgan fingerprint density at radius 3 is 2.30 bits per heavy atom. The Kier molecular flexibility index (Phi) is 4.75. The second kappa shape index (κ2) is 6.74. The first kappa shape index (κ1) is 16.2. The number of phenols is 3. The molecule has 23 heavy (non-hydrogen) atoms. The Bertz CT molecular complexity index is 764. The molecule has 120 valence electrons. The molecule has 0 aliphatic rings. The predicted molar refractivity (Wildman–Crippen MR) is 84.3 cm³/mol. The van der Waals surface area contributed by atoms with Crippen LogP contribution in [0.4, 0.5) is 0 Å². The first-order valence-corrected chi connectivity index (χ1v) is 6.65. The van der Waals surface area contributed by atoms with Gasteiger partial charge in [0, 0.05) is 12.1 Å². The Morgan fingerprint density at radius 2 is 1.70 bits per heavy atom. The molecule has 0 saturated carbocycles. The topological polar surface area (TPSA) is 96.2 Å². The first-order valence-electron chi connectivity index (χ1n) is 6.65. The van der Waals surface area contributed by atoms with Gasteiger partial charge in [0.05, 0.1) is 14.2 Å². The van der Waals surface area contributed by atoms with Crippen molar-refractivity contribution in [3.05, 3.63) is 47.5 Å². The summed E-state index contributed by atoms with van der Waals surface area (Å²) in [7, 11) is 2.82. The van der Waals surface area contributed by atoms with E-state index >= 15 is 0 Å². The number of hydrogen-bond donors (Lipinski definition) is 3. The Balaban J connectivity index is 2.33. The summed E-state index contributed by atoms with van der Waals surface area (Å²) in [6, 6.07) is 6.96. The zero-order valence-corrected chi connectivity index (χ0v) is 12.6. The maximum atomic E-state index is 12.3. The number of benzene rings is 2. The summed E-state index contributed by atoms with van der Waals surface area (Å²) in [5, 5.41) is 28.7. The minimum Gasteiger partial charge on any atom is -0.507 e. The summed E-state index contributed by atoms with van der Waals surface area (Å²) in [5.74, 6) is -0.722. The van der Waals surface area contributed by atoms with Gasteiger partial charge in [-0.3, -0.25) is 4.79 Å². The fourth-order valence-corrected chi connectivity index (χ4v) is 2.00. The molecule has 0 aliphatic heterocycles. The van der Waals surface area contributed by atoms with E-state index in [2.05, 4.69) is 0 Å². The molecule has 6 heteroatoms. The van der Waals surface area contributed by atoms with Gasteiger partial charge in [0.25, 0.3) is 0 Å². The highest BCUT2D eigenvalue weighted by Gasteiger charge is 2.17. The average molecular weight is 316 g/mol. The van der Waals surface area contributed by atoms with E-state index in [0.717, 1.165) is 0 Å². The smallest absolute Gasteiger partial charge is 0.193 e. The number of rotatable bonds is 5. The number of aromatic hydroxyl groups is 3. The number of ether oxygens (including phenoxy) is 2. The van der Waals surface area contributed by atoms with E-state index < -0.39 is 5.78 Å². The van der Waals surface area contributed by atoms with E-state index in [4.69, 9.17) is 9.47 Å². The van der Waals surface area contributed by atoms with Gasteiger partial charge >= 0.3 is 0 Å². The van der Waals surface area contributed by atoms with E-state index in [1.807, 2.05) is 0 Å². The van der Waals surface area contributed by atoms with Crippen molar-refractivity contribution in [2.75, 3.05) is 14.2 Å². The first-order chi connectivity index (χ1) is 11.0. The van der Waals surface area contributed by atoms with Gasteiger partial charge in [0.15, 0.2) is 17.3 Å². The van der Waals surface area contributed by atoms with Crippen LogP contribution >= 0.6 is 0 Å². The molecule has 0 bridgehead atoms. The van der Waals surface area contributed by atoms with Crippen molar-refractivity contribution in [1.29, 1.82) is 0 Å². The number of ketones is 1. The molecule has 0 heterocycles. The Morgan fingerprint density at radius 1 is 0.957 bits per heavy atom. The van der Waals surface area contributed by atoms with Crippen molar-refractivity contribution in [2.24, 2.45) is 0 Å². The fraction of sp³-hybridized carbons (Fsp3) is 0.118. The number of hydrogen-bond acceptors (Lipinski definition) is 6. The quantitative estimate of drug-likeness (QED) is 0.446. The Hall–Kier alpha value is -3.15. The highest BCUT2D eigenvalue weighted by molar-refractivity contribution is 6.10. The fourth-order valence-electron chi connectivity index (χ4n) is 2.00. The van der Waals surface area contributed by atoms with E-state index in [-0.39, 0.29) is 28.6 Å². The predicted octanol–water partition coefficient (Wildman–Crippen LogP) is 2.72. The van der Waals surface area contributed by atoms with Crippen LogP contribution in [0, 0.1) is 0 Å². The lowest BCUT2D eigenvalue weighted by Gasteiger charge is -2.10. The van der Waals surface area contributed by atoms with Crippen molar-refractivity contribution < 1.29 is 29.6 Å². The summed E-state index contributed by atoms with van der Waals surface area (Å²) in [4.78, 5) is 12.3. The molecule has 0 unspecified atom stereocenters. The van der Waals surface area contributed by atoms with Crippen LogP contribution in [-0.4, -0.2) is 35.3 Å². The summed E-state index contributed by atoms with van der Waals surface area (Å²) in [6.45, 7) is 0. The summed E-state index contributed by atoms with van der Waals surface area (Å²) in [6.07, 6.45) is 2.68. The molecular formula is C17H16O6. The van der Waals surface area contributed by atoms with Crippen molar-refractivity contribution in [3.63, 3.8) is 0 Å². The SMILES string of the molecule is COc1cc(O)c(C(=O)/C=C/c2ccc(O)c(O)c2)c(OC)c1. The van der Waals surface area contributed by atoms with E-state index in [9.17, 15) is 20.1 Å². The van der Waals surface area contributed by atoms with Crippen LogP contribution in [0.2, 0.25) is 0 Å². The van der Waals surface area contributed by atoms with Crippen LogP contribution in [0.15, 0.2) is 36.4 Å². The van der Waals surface area contributed by atoms with Crippen LogP contribution in [0.25, 0.3) is 6.08 Å². The normalized spacial score (nSPS) is 10.7. The minimum absolute atomic E-state index is 0.00699. The second-order valence-electron chi connectivity index (χ2n) is 4.67. The van der Waals surface area contributed by atoms with Gasteiger partial charge in [-0.2, -0.15) is 0 Å². The number of carbonyl (C=O) groups excluding carboxylic acids is 1. The van der Waals surface area contributed by atoms with Crippen molar-refractivity contribution in [2.45, 2.75) is 0 Å². The average Bonchev–Trinajstić information content (AvgIpc) is 2.54. The molecule has 0 atom stereocenters. The summed E-state index contributed by atoms with van der Waals surface area (Å²) >= 11 is 0. The Labute approximate surface area is 132 Å². The number of methoxy groups -OCH3 is 2. The van der Waals surface area contributed by atoms with Crippen LogP contribution in [0.5, 0.6) is 28.7 Å². The van der Waals surface area contributed by atoms with Gasteiger partial charge < -0.3 is 24.8 Å². The molecule has 2 aromatic rings. The molecule has 2 aromatic carbocycles. The van der Waals surface area contributed by atoms with Crippen LogP contribution < -0.4 is 9.47 Å². The maximum absolute atomic E-state index is 12.3. The van der Waals surface area contributed by atoms with Crippen molar-refractivity contribution in [3.8, 4) is 28.7 Å². The number of allylic oxidation sites excluding steroid dienone is 1. The van der Waals surface area contributed by atoms with Gasteiger partial charge in [0.2, 0.25) is 0 Å². The number of carbonyl (C=O) groups is 1. The van der Waals surface area contributed by atoms with Gasteiger partial charge in [0.1, 0.15) is 22.8 Å². The second-order valence-corrected chi connectivity index (χ2v) is 4.67. The lowest BCUT2D eigenvalue weighted by molar-refractivity contribution is 0.104. The van der Waals surface area contributed by atoms with Gasteiger partial charge in [-0.1, -0.05) is 12.1 Å². The molecular weight excluding hydrogens is 300 g/mol. The zero-order chi connectivity index (χ0) is 17.0. The lowest BCUT2D eigenvalue weighted by atomic mass is 10.1.